The maximum atomic E-state index is 13.9. The van der Waals surface area contributed by atoms with Gasteiger partial charge in [0.2, 0.25) is 6.17 Å². The van der Waals surface area contributed by atoms with E-state index in [0.29, 0.717) is 6.08 Å². The van der Waals surface area contributed by atoms with E-state index in [1.165, 1.54) is 0 Å². The molecule has 0 saturated carbocycles. The van der Waals surface area contributed by atoms with Crippen LogP contribution in [0.5, 0.6) is 0 Å². The number of hydrogen-bond donors (Lipinski definition) is 0. The van der Waals surface area contributed by atoms with Gasteiger partial charge in [0, 0.05) is 13.1 Å². The van der Waals surface area contributed by atoms with Gasteiger partial charge in [0.15, 0.2) is 0 Å². The van der Waals surface area contributed by atoms with E-state index in [2.05, 4.69) is 0 Å². The van der Waals surface area contributed by atoms with Crippen LogP contribution < -0.4 is 0 Å². The van der Waals surface area contributed by atoms with Crippen molar-refractivity contribution < 1.29 is 48.3 Å². The Kier molecular flexibility index (Phi) is 6.08. The molecule has 148 valence electrons. The van der Waals surface area contributed by atoms with Gasteiger partial charge < -0.3 is 0 Å². The van der Waals surface area contributed by atoms with Gasteiger partial charge in [0.05, 0.1) is 11.8 Å². The second-order valence-corrected chi connectivity index (χ2v) is 5.74. The van der Waals surface area contributed by atoms with E-state index in [4.69, 9.17) is 0 Å². The molecule has 0 aromatic heterocycles. The van der Waals surface area contributed by atoms with E-state index < -0.39 is 66.7 Å². The molecule has 1 rings (SSSR count). The van der Waals surface area contributed by atoms with Gasteiger partial charge in [-0.05, 0) is 19.4 Å². The molecule has 0 aromatic carbocycles. The van der Waals surface area contributed by atoms with Gasteiger partial charge in [0.25, 0.3) is 0 Å². The number of hydrogen-bond acceptors (Lipinski definition) is 1. The van der Waals surface area contributed by atoms with Crippen LogP contribution in [0.3, 0.4) is 0 Å². The van der Waals surface area contributed by atoms with Crippen molar-refractivity contribution in [3.63, 3.8) is 0 Å². The van der Waals surface area contributed by atoms with Crippen molar-refractivity contribution in [2.24, 2.45) is 11.8 Å². The summed E-state index contributed by atoms with van der Waals surface area (Å²) in [5.41, 5.74) is 0. The summed E-state index contributed by atoms with van der Waals surface area (Å²) in [6, 6.07) is -5.23. The Hall–Kier alpha value is -1.07. The third-order valence-corrected chi connectivity index (χ3v) is 3.83. The largest absolute Gasteiger partial charge is 0.393 e. The molecule has 1 nitrogen and oxygen atoms in total. The molecule has 1 aliphatic rings. The predicted molar refractivity (Wildman–Crippen MR) is 64.9 cm³/mol. The molecule has 0 aromatic rings. The minimum absolute atomic E-state index is 0.238. The van der Waals surface area contributed by atoms with Crippen LogP contribution in [0.4, 0.5) is 48.3 Å². The Morgan fingerprint density at radius 1 is 0.840 bits per heavy atom. The van der Waals surface area contributed by atoms with E-state index in [9.17, 15) is 48.3 Å². The molecular weight excluding hydrogens is 379 g/mol. The molecule has 0 bridgehead atoms. The average Bonchev–Trinajstić information content (AvgIpc) is 2.44. The van der Waals surface area contributed by atoms with Gasteiger partial charge in [-0.1, -0.05) is 6.08 Å². The number of alkyl halides is 11. The lowest BCUT2D eigenvalue weighted by atomic mass is 9.87. The van der Waals surface area contributed by atoms with Crippen LogP contribution in [0.15, 0.2) is 12.2 Å². The summed E-state index contributed by atoms with van der Waals surface area (Å²) in [5.74, 6) is -10.5. The monoisotopic (exact) mass is 393 g/mol. The standard InChI is InChI=1S/C13H14F11N/c1-2-3-10(15,16)9(14)13(23,24)25-5-7(11(17,18)19)4-8(6-25)12(20,21)22/h2-3,7-9H,4-6H2,1H3/b3-2-. The highest BCUT2D eigenvalue weighted by Crippen LogP contribution is 2.46. The summed E-state index contributed by atoms with van der Waals surface area (Å²) in [6.45, 7) is -2.47. The second kappa shape index (κ2) is 6.92. The fraction of sp³-hybridized carbons (Fsp3) is 0.846. The molecule has 3 unspecified atom stereocenters. The smallest absolute Gasteiger partial charge is 0.241 e. The van der Waals surface area contributed by atoms with Gasteiger partial charge in [-0.25, -0.2) is 9.29 Å². The van der Waals surface area contributed by atoms with Crippen molar-refractivity contribution in [3.05, 3.63) is 12.2 Å². The number of piperidine rings is 1. The fourth-order valence-corrected chi connectivity index (χ4v) is 2.52. The quantitative estimate of drug-likeness (QED) is 0.361. The van der Waals surface area contributed by atoms with E-state index in [0.717, 1.165) is 6.92 Å². The fourth-order valence-electron chi connectivity index (χ4n) is 2.52. The van der Waals surface area contributed by atoms with Crippen LogP contribution in [-0.2, 0) is 0 Å². The van der Waals surface area contributed by atoms with Crippen LogP contribution >= 0.6 is 0 Å². The van der Waals surface area contributed by atoms with Crippen molar-refractivity contribution in [2.75, 3.05) is 13.1 Å². The van der Waals surface area contributed by atoms with E-state index in [1.54, 1.807) is 0 Å². The Morgan fingerprint density at radius 2 is 1.24 bits per heavy atom. The number of allylic oxidation sites excluding steroid dienone is 2. The first kappa shape index (κ1) is 22.0. The zero-order chi connectivity index (χ0) is 19.8. The van der Waals surface area contributed by atoms with Crippen molar-refractivity contribution in [2.45, 2.75) is 43.8 Å². The lowest BCUT2D eigenvalue weighted by molar-refractivity contribution is -0.286. The molecule has 0 radical (unpaired) electrons. The molecule has 12 heteroatoms. The van der Waals surface area contributed by atoms with Crippen LogP contribution in [0.25, 0.3) is 0 Å². The minimum atomic E-state index is -5.27. The predicted octanol–water partition coefficient (Wildman–Crippen LogP) is 5.19. The van der Waals surface area contributed by atoms with E-state index in [-0.39, 0.29) is 6.08 Å². The molecular formula is C13H14F11N. The maximum absolute atomic E-state index is 13.9. The first-order valence-corrected chi connectivity index (χ1v) is 6.95. The Labute approximate surface area is 135 Å². The Bertz CT molecular complexity index is 457. The van der Waals surface area contributed by atoms with Crippen molar-refractivity contribution in [1.82, 2.24) is 4.90 Å². The number of nitrogens with zero attached hydrogens (tertiary/aromatic N) is 1. The van der Waals surface area contributed by atoms with Crippen molar-refractivity contribution in [3.8, 4) is 0 Å². The number of halogens is 11. The zero-order valence-electron chi connectivity index (χ0n) is 12.6. The maximum Gasteiger partial charge on any atom is 0.393 e. The zero-order valence-corrected chi connectivity index (χ0v) is 12.6. The molecule has 1 heterocycles. The molecule has 0 spiro atoms. The third-order valence-electron chi connectivity index (χ3n) is 3.83. The highest BCUT2D eigenvalue weighted by atomic mass is 19.4. The molecule has 1 saturated heterocycles. The first-order valence-electron chi connectivity index (χ1n) is 6.95. The van der Waals surface area contributed by atoms with Gasteiger partial charge in [-0.3, -0.25) is 0 Å². The summed E-state index contributed by atoms with van der Waals surface area (Å²) in [4.78, 5) is -0.797. The molecule has 0 N–H and O–H groups in total. The average molecular weight is 393 g/mol. The number of rotatable bonds is 4. The summed E-state index contributed by atoms with van der Waals surface area (Å²) in [6.07, 6.45) is -16.1. The number of likely N-dealkylation sites (tertiary alicyclic amines) is 1. The highest BCUT2D eigenvalue weighted by molar-refractivity contribution is 5.03. The van der Waals surface area contributed by atoms with Gasteiger partial charge in [0.1, 0.15) is 0 Å². The van der Waals surface area contributed by atoms with Crippen LogP contribution in [-0.4, -0.2) is 48.5 Å². The summed E-state index contributed by atoms with van der Waals surface area (Å²) in [5, 5.41) is 0. The van der Waals surface area contributed by atoms with Crippen LogP contribution in [0, 0.1) is 11.8 Å². The molecule has 1 aliphatic heterocycles. The summed E-state index contributed by atoms with van der Waals surface area (Å²) < 4.78 is 145. The van der Waals surface area contributed by atoms with E-state index in [1.807, 2.05) is 0 Å². The molecule has 0 amide bonds. The third kappa shape index (κ3) is 4.98. The molecule has 3 atom stereocenters. The van der Waals surface area contributed by atoms with Crippen molar-refractivity contribution in [1.29, 1.82) is 0 Å². The van der Waals surface area contributed by atoms with Crippen LogP contribution in [0.2, 0.25) is 0 Å². The molecule has 1 fully saturated rings. The van der Waals surface area contributed by atoms with E-state index >= 15 is 0 Å². The first-order chi connectivity index (χ1) is 11.0. The van der Waals surface area contributed by atoms with Crippen molar-refractivity contribution >= 4 is 0 Å². The Balaban J connectivity index is 3.18. The molecule has 0 aliphatic carbocycles. The van der Waals surface area contributed by atoms with Gasteiger partial charge >= 0.3 is 24.3 Å². The highest BCUT2D eigenvalue weighted by Gasteiger charge is 2.62. The second-order valence-electron chi connectivity index (χ2n) is 5.74. The summed E-state index contributed by atoms with van der Waals surface area (Å²) >= 11 is 0. The lowest BCUT2D eigenvalue weighted by Gasteiger charge is -2.43. The van der Waals surface area contributed by atoms with Gasteiger partial charge in [-0.2, -0.15) is 43.9 Å². The normalized spacial score (nSPS) is 26.2. The Morgan fingerprint density at radius 3 is 1.56 bits per heavy atom. The minimum Gasteiger partial charge on any atom is -0.241 e. The SMILES string of the molecule is C/C=C\C(F)(F)C(F)C(F)(F)N1CC(C(F)(F)F)CC(C(F)(F)F)C1. The topological polar surface area (TPSA) is 3.24 Å². The lowest BCUT2D eigenvalue weighted by Crippen LogP contribution is -2.61. The van der Waals surface area contributed by atoms with Crippen LogP contribution in [0.1, 0.15) is 13.3 Å². The summed E-state index contributed by atoms with van der Waals surface area (Å²) in [7, 11) is 0. The van der Waals surface area contributed by atoms with Gasteiger partial charge in [-0.15, -0.1) is 0 Å². The molecule has 25 heavy (non-hydrogen) atoms.